The van der Waals surface area contributed by atoms with Gasteiger partial charge in [0.25, 0.3) is 11.6 Å². The van der Waals surface area contributed by atoms with Crippen molar-refractivity contribution in [3.63, 3.8) is 0 Å². The predicted octanol–water partition coefficient (Wildman–Crippen LogP) is 4.81. The van der Waals surface area contributed by atoms with Gasteiger partial charge in [0.15, 0.2) is 5.11 Å². The van der Waals surface area contributed by atoms with Gasteiger partial charge in [-0.3, -0.25) is 20.2 Å². The molecule has 0 radical (unpaired) electrons. The van der Waals surface area contributed by atoms with Crippen molar-refractivity contribution in [2.45, 2.75) is 6.92 Å². The van der Waals surface area contributed by atoms with Crippen LogP contribution in [0.4, 0.5) is 11.4 Å². The van der Waals surface area contributed by atoms with Gasteiger partial charge in [-0.1, -0.05) is 30.3 Å². The number of anilines is 1. The van der Waals surface area contributed by atoms with Gasteiger partial charge in [-0.15, -0.1) is 0 Å². The normalized spacial score (nSPS) is 10.6. The fourth-order valence-electron chi connectivity index (χ4n) is 3.63. The molecular weight excluding hydrogens is 470 g/mol. The quantitative estimate of drug-likeness (QED) is 0.177. The number of hydrogen-bond acceptors (Lipinski definition) is 7. The van der Waals surface area contributed by atoms with Gasteiger partial charge in [-0.25, -0.2) is 4.79 Å². The molecule has 1 amide bonds. The van der Waals surface area contributed by atoms with Crippen LogP contribution in [-0.2, 0) is 0 Å². The summed E-state index contributed by atoms with van der Waals surface area (Å²) in [5, 5.41) is 17.3. The summed E-state index contributed by atoms with van der Waals surface area (Å²) in [5.74, 6) is -0.184. The van der Waals surface area contributed by atoms with Crippen LogP contribution in [-0.4, -0.2) is 23.1 Å². The Bertz CT molecular complexity index is 1550. The maximum Gasteiger partial charge on any atom is 0.344 e. The number of amides is 1. The number of ether oxygens (including phenoxy) is 1. The van der Waals surface area contributed by atoms with Crippen LogP contribution in [0.3, 0.4) is 0 Å². The van der Waals surface area contributed by atoms with E-state index in [1.54, 1.807) is 36.4 Å². The molecule has 0 aliphatic rings. The Labute approximate surface area is 204 Å². The number of carbonyl (C=O) groups is 1. The maximum absolute atomic E-state index is 12.7. The molecule has 0 bridgehead atoms. The zero-order chi connectivity index (χ0) is 25.1. The van der Waals surface area contributed by atoms with Gasteiger partial charge in [0, 0.05) is 22.6 Å². The third-order valence-corrected chi connectivity index (χ3v) is 5.58. The topological polar surface area (TPSA) is 124 Å². The van der Waals surface area contributed by atoms with Crippen LogP contribution < -0.4 is 21.0 Å². The molecule has 0 aliphatic carbocycles. The average Bonchev–Trinajstić information content (AvgIpc) is 2.83. The van der Waals surface area contributed by atoms with Crippen molar-refractivity contribution in [2.75, 3.05) is 12.4 Å². The number of fused-ring (bicyclic) bond motifs is 1. The van der Waals surface area contributed by atoms with Crippen LogP contribution in [0.15, 0.2) is 75.9 Å². The Hall–Kier alpha value is -4.57. The standard InChI is InChI=1S/C25H19N3O6S/c1-14-17(7-5-8-20(14)28(31)32)23(29)27-25(35)26-19-13-15(10-11-22(19)33-2)18-12-16-6-3-4-9-21(16)34-24(18)30/h3-13H,1-2H3,(H2,26,27,29,35). The maximum atomic E-state index is 12.7. The number of hydrogen-bond donors (Lipinski definition) is 2. The fraction of sp³-hybridized carbons (Fsp3) is 0.0800. The van der Waals surface area contributed by atoms with E-state index in [-0.39, 0.29) is 21.9 Å². The number of nitrogens with one attached hydrogen (secondary N) is 2. The van der Waals surface area contributed by atoms with E-state index >= 15 is 0 Å². The Kier molecular flexibility index (Phi) is 6.56. The van der Waals surface area contributed by atoms with Crippen molar-refractivity contribution in [2.24, 2.45) is 0 Å². The number of thiocarbonyl (C=S) groups is 1. The third kappa shape index (κ3) is 4.87. The molecule has 4 rings (SSSR count). The molecule has 10 heteroatoms. The first kappa shape index (κ1) is 23.6. The molecule has 176 valence electrons. The van der Waals surface area contributed by atoms with Crippen molar-refractivity contribution in [1.29, 1.82) is 0 Å². The van der Waals surface area contributed by atoms with Gasteiger partial charge in [-0.2, -0.15) is 0 Å². The van der Waals surface area contributed by atoms with Crippen LogP contribution in [0.25, 0.3) is 22.1 Å². The number of rotatable bonds is 5. The molecule has 4 aromatic rings. The minimum atomic E-state index is -0.603. The van der Waals surface area contributed by atoms with E-state index in [0.717, 1.165) is 5.39 Å². The second-order valence-electron chi connectivity index (χ2n) is 7.52. The van der Waals surface area contributed by atoms with Crippen molar-refractivity contribution in [1.82, 2.24) is 5.32 Å². The molecule has 3 aromatic carbocycles. The number of carbonyl (C=O) groups excluding carboxylic acids is 1. The Balaban J connectivity index is 1.61. The molecule has 0 saturated heterocycles. The largest absolute Gasteiger partial charge is 0.495 e. The summed E-state index contributed by atoms with van der Waals surface area (Å²) in [7, 11) is 1.47. The molecule has 0 saturated carbocycles. The number of benzene rings is 3. The molecule has 1 aromatic heterocycles. The first-order valence-corrected chi connectivity index (χ1v) is 10.8. The average molecular weight is 490 g/mol. The van der Waals surface area contributed by atoms with Gasteiger partial charge < -0.3 is 14.5 Å². The highest BCUT2D eigenvalue weighted by atomic mass is 32.1. The lowest BCUT2D eigenvalue weighted by Gasteiger charge is -2.15. The number of nitro groups is 1. The van der Waals surface area contributed by atoms with E-state index in [4.69, 9.17) is 21.4 Å². The zero-order valence-corrected chi connectivity index (χ0v) is 19.5. The van der Waals surface area contributed by atoms with Gasteiger partial charge in [0.05, 0.1) is 23.3 Å². The second-order valence-corrected chi connectivity index (χ2v) is 7.92. The molecule has 0 aliphatic heterocycles. The Morgan fingerprint density at radius 2 is 1.86 bits per heavy atom. The van der Waals surface area contributed by atoms with E-state index in [2.05, 4.69) is 10.6 Å². The first-order valence-electron chi connectivity index (χ1n) is 10.4. The lowest BCUT2D eigenvalue weighted by Crippen LogP contribution is -2.34. The monoisotopic (exact) mass is 489 g/mol. The highest BCUT2D eigenvalue weighted by Gasteiger charge is 2.19. The Morgan fingerprint density at radius 1 is 1.09 bits per heavy atom. The lowest BCUT2D eigenvalue weighted by atomic mass is 10.0. The molecule has 9 nitrogen and oxygen atoms in total. The van der Waals surface area contributed by atoms with Crippen LogP contribution in [0.2, 0.25) is 0 Å². The molecular formula is C25H19N3O6S. The highest BCUT2D eigenvalue weighted by molar-refractivity contribution is 7.80. The van der Waals surface area contributed by atoms with E-state index in [1.807, 2.05) is 12.1 Å². The third-order valence-electron chi connectivity index (χ3n) is 5.37. The van der Waals surface area contributed by atoms with Gasteiger partial charge in [0.1, 0.15) is 11.3 Å². The number of nitro benzene ring substituents is 1. The number of para-hydroxylation sites is 1. The minimum Gasteiger partial charge on any atom is -0.495 e. The number of methoxy groups -OCH3 is 1. The van der Waals surface area contributed by atoms with Crippen LogP contribution in [0.5, 0.6) is 5.75 Å². The highest BCUT2D eigenvalue weighted by Crippen LogP contribution is 2.30. The molecule has 1 heterocycles. The van der Waals surface area contributed by atoms with Gasteiger partial charge in [0.2, 0.25) is 0 Å². The molecule has 35 heavy (non-hydrogen) atoms. The second kappa shape index (κ2) is 9.74. The van der Waals surface area contributed by atoms with Crippen LogP contribution in [0, 0.1) is 17.0 Å². The first-order chi connectivity index (χ1) is 16.8. The summed E-state index contributed by atoms with van der Waals surface area (Å²) >= 11 is 5.28. The van der Waals surface area contributed by atoms with Crippen molar-refractivity contribution < 1.29 is 18.9 Å². The summed E-state index contributed by atoms with van der Waals surface area (Å²) in [5.41, 5.74) is 1.45. The molecule has 0 fully saturated rings. The smallest absolute Gasteiger partial charge is 0.344 e. The SMILES string of the molecule is COc1ccc(-c2cc3ccccc3oc2=O)cc1NC(=S)NC(=O)c1cccc([N+](=O)[O-])c1C. The van der Waals surface area contributed by atoms with Crippen molar-refractivity contribution in [3.05, 3.63) is 98.4 Å². The van der Waals surface area contributed by atoms with Crippen molar-refractivity contribution >= 4 is 45.6 Å². The minimum absolute atomic E-state index is 0.0538. The van der Waals surface area contributed by atoms with E-state index in [9.17, 15) is 19.7 Å². The lowest BCUT2D eigenvalue weighted by molar-refractivity contribution is -0.385. The van der Waals surface area contributed by atoms with Gasteiger partial charge in [-0.05, 0) is 55.0 Å². The zero-order valence-electron chi connectivity index (χ0n) is 18.7. The van der Waals surface area contributed by atoms with Crippen LogP contribution in [0.1, 0.15) is 15.9 Å². The predicted molar refractivity (Wildman–Crippen MR) is 136 cm³/mol. The van der Waals surface area contributed by atoms with Gasteiger partial charge >= 0.3 is 5.63 Å². The van der Waals surface area contributed by atoms with E-state index in [1.165, 1.54) is 32.2 Å². The summed E-state index contributed by atoms with van der Waals surface area (Å²) in [6.07, 6.45) is 0. The summed E-state index contributed by atoms with van der Waals surface area (Å²) in [6, 6.07) is 18.1. The molecule has 0 spiro atoms. The number of nitrogens with zero attached hydrogens (tertiary/aromatic N) is 1. The Morgan fingerprint density at radius 3 is 2.60 bits per heavy atom. The van der Waals surface area contributed by atoms with E-state index in [0.29, 0.717) is 28.1 Å². The van der Waals surface area contributed by atoms with Crippen molar-refractivity contribution in [3.8, 4) is 16.9 Å². The fourth-order valence-corrected chi connectivity index (χ4v) is 3.83. The summed E-state index contributed by atoms with van der Waals surface area (Å²) in [6.45, 7) is 1.49. The summed E-state index contributed by atoms with van der Waals surface area (Å²) in [4.78, 5) is 35.9. The molecule has 0 unspecified atom stereocenters. The molecule has 2 N–H and O–H groups in total. The van der Waals surface area contributed by atoms with E-state index < -0.39 is 16.5 Å². The molecule has 0 atom stereocenters. The van der Waals surface area contributed by atoms with Crippen LogP contribution >= 0.6 is 12.2 Å². The summed E-state index contributed by atoms with van der Waals surface area (Å²) < 4.78 is 10.8.